The lowest BCUT2D eigenvalue weighted by Gasteiger charge is -2.39. The summed E-state index contributed by atoms with van der Waals surface area (Å²) in [6, 6.07) is -0.516. The van der Waals surface area contributed by atoms with Gasteiger partial charge in [-0.2, -0.15) is 0 Å². The zero-order valence-electron chi connectivity index (χ0n) is 12.7. The monoisotopic (exact) mass is 319 g/mol. The van der Waals surface area contributed by atoms with E-state index in [1.807, 2.05) is 0 Å². The number of piperazine rings is 1. The fourth-order valence-electron chi connectivity index (χ4n) is 3.27. The van der Waals surface area contributed by atoms with E-state index < -0.39 is 16.1 Å². The van der Waals surface area contributed by atoms with Gasteiger partial charge in [0.1, 0.15) is 0 Å². The Morgan fingerprint density at radius 1 is 1.24 bits per heavy atom. The van der Waals surface area contributed by atoms with Crippen LogP contribution in [0.1, 0.15) is 26.2 Å². The maximum atomic E-state index is 12.2. The van der Waals surface area contributed by atoms with E-state index in [1.54, 1.807) is 11.8 Å². The summed E-state index contributed by atoms with van der Waals surface area (Å²) in [4.78, 5) is 16.1. The highest BCUT2D eigenvalue weighted by Crippen LogP contribution is 2.25. The summed E-state index contributed by atoms with van der Waals surface area (Å²) >= 11 is 0. The van der Waals surface area contributed by atoms with Gasteiger partial charge in [-0.25, -0.2) is 13.1 Å². The summed E-state index contributed by atoms with van der Waals surface area (Å²) in [6.07, 6.45) is 3.73. The van der Waals surface area contributed by atoms with E-state index in [-0.39, 0.29) is 18.1 Å². The molecule has 0 radical (unpaired) electrons. The lowest BCUT2D eigenvalue weighted by molar-refractivity contribution is -0.134. The summed E-state index contributed by atoms with van der Waals surface area (Å²) in [5, 5.41) is 9.93. The van der Waals surface area contributed by atoms with Gasteiger partial charge in [0, 0.05) is 32.2 Å². The Balaban J connectivity index is 1.84. The van der Waals surface area contributed by atoms with Crippen molar-refractivity contribution in [1.82, 2.24) is 14.5 Å². The molecule has 8 heteroatoms. The Bertz CT molecular complexity index is 474. The topological polar surface area (TPSA) is 90.0 Å². The molecule has 0 aromatic rings. The van der Waals surface area contributed by atoms with Crippen LogP contribution in [0, 0.1) is 0 Å². The Morgan fingerprint density at radius 2 is 1.86 bits per heavy atom. The van der Waals surface area contributed by atoms with Gasteiger partial charge < -0.3 is 10.0 Å². The van der Waals surface area contributed by atoms with Gasteiger partial charge in [0.2, 0.25) is 15.9 Å². The predicted molar refractivity (Wildman–Crippen MR) is 79.2 cm³/mol. The van der Waals surface area contributed by atoms with Crippen LogP contribution < -0.4 is 4.72 Å². The molecule has 0 aromatic heterocycles. The molecule has 7 nitrogen and oxygen atoms in total. The number of carbonyl (C=O) groups excluding carboxylic acids is 1. The summed E-state index contributed by atoms with van der Waals surface area (Å²) in [6.45, 7) is 4.20. The SMILES string of the molecule is C[C@H](NS(C)(=O)=O)C(=O)N1CCN([C@@H]2CCC[C@H]2O)CC1. The molecule has 0 bridgehead atoms. The number of nitrogens with one attached hydrogen (secondary N) is 1. The van der Waals surface area contributed by atoms with Crippen LogP contribution in [0.5, 0.6) is 0 Å². The molecule has 122 valence electrons. The van der Waals surface area contributed by atoms with Crippen LogP contribution in [-0.4, -0.2) is 79.9 Å². The third-order valence-electron chi connectivity index (χ3n) is 4.30. The number of hydrogen-bond donors (Lipinski definition) is 2. The van der Waals surface area contributed by atoms with Crippen LogP contribution in [0.2, 0.25) is 0 Å². The zero-order valence-corrected chi connectivity index (χ0v) is 13.5. The average Bonchev–Trinajstić information content (AvgIpc) is 2.82. The summed E-state index contributed by atoms with van der Waals surface area (Å²) in [5.74, 6) is -0.188. The predicted octanol–water partition coefficient (Wildman–Crippen LogP) is -1.02. The zero-order chi connectivity index (χ0) is 15.6. The molecular weight excluding hydrogens is 294 g/mol. The van der Waals surface area contributed by atoms with Crippen LogP contribution in [0.25, 0.3) is 0 Å². The number of aliphatic hydroxyl groups excluding tert-OH is 1. The standard InChI is InChI=1S/C13H25N3O4S/c1-10(14-21(2,19)20)13(18)16-8-6-15(7-9-16)11-4-3-5-12(11)17/h10-12,14,17H,3-9H2,1-2H3/t10-,11+,12+/m0/s1. The highest BCUT2D eigenvalue weighted by Gasteiger charge is 2.34. The normalized spacial score (nSPS) is 29.6. The van der Waals surface area contributed by atoms with E-state index in [0.717, 1.165) is 38.6 Å². The summed E-state index contributed by atoms with van der Waals surface area (Å²) < 4.78 is 24.7. The van der Waals surface area contributed by atoms with E-state index in [0.29, 0.717) is 13.1 Å². The van der Waals surface area contributed by atoms with Crippen molar-refractivity contribution in [3.8, 4) is 0 Å². The first kappa shape index (κ1) is 16.7. The molecule has 1 amide bonds. The number of aliphatic hydroxyl groups is 1. The summed E-state index contributed by atoms with van der Waals surface area (Å²) in [5.41, 5.74) is 0. The first-order valence-corrected chi connectivity index (χ1v) is 9.35. The van der Waals surface area contributed by atoms with E-state index in [4.69, 9.17) is 0 Å². The maximum absolute atomic E-state index is 12.2. The van der Waals surface area contributed by atoms with Crippen LogP contribution in [-0.2, 0) is 14.8 Å². The second-order valence-corrected chi connectivity index (χ2v) is 7.82. The molecule has 1 aliphatic heterocycles. The molecule has 2 N–H and O–H groups in total. The lowest BCUT2D eigenvalue weighted by atomic mass is 10.1. The number of hydrogen-bond acceptors (Lipinski definition) is 5. The van der Waals surface area contributed by atoms with Gasteiger partial charge in [0.25, 0.3) is 0 Å². The largest absolute Gasteiger partial charge is 0.391 e. The Morgan fingerprint density at radius 3 is 2.33 bits per heavy atom. The first-order chi connectivity index (χ1) is 9.78. The smallest absolute Gasteiger partial charge is 0.240 e. The average molecular weight is 319 g/mol. The molecular formula is C13H25N3O4S. The van der Waals surface area contributed by atoms with E-state index in [1.165, 1.54) is 0 Å². The van der Waals surface area contributed by atoms with Crippen LogP contribution in [0.3, 0.4) is 0 Å². The molecule has 0 spiro atoms. The van der Waals surface area contributed by atoms with Gasteiger partial charge in [-0.1, -0.05) is 0 Å². The first-order valence-electron chi connectivity index (χ1n) is 7.46. The number of rotatable bonds is 4. The van der Waals surface area contributed by atoms with Gasteiger partial charge in [-0.05, 0) is 26.2 Å². The Hall–Kier alpha value is -0.700. The van der Waals surface area contributed by atoms with Crippen LogP contribution >= 0.6 is 0 Å². The summed E-state index contributed by atoms with van der Waals surface area (Å²) in [7, 11) is -3.38. The van der Waals surface area contributed by atoms with Gasteiger partial charge >= 0.3 is 0 Å². The minimum absolute atomic E-state index is 0.188. The molecule has 0 unspecified atom stereocenters. The van der Waals surface area contributed by atoms with Crippen molar-refractivity contribution >= 4 is 15.9 Å². The maximum Gasteiger partial charge on any atom is 0.240 e. The molecule has 1 saturated carbocycles. The fourth-order valence-corrected chi connectivity index (χ4v) is 4.01. The van der Waals surface area contributed by atoms with Gasteiger partial charge in [0.15, 0.2) is 0 Å². The fraction of sp³-hybridized carbons (Fsp3) is 0.923. The molecule has 1 heterocycles. The van der Waals surface area contributed by atoms with E-state index >= 15 is 0 Å². The highest BCUT2D eigenvalue weighted by molar-refractivity contribution is 7.88. The highest BCUT2D eigenvalue weighted by atomic mass is 32.2. The number of carbonyl (C=O) groups is 1. The van der Waals surface area contributed by atoms with E-state index in [9.17, 15) is 18.3 Å². The van der Waals surface area contributed by atoms with Gasteiger partial charge in [-0.15, -0.1) is 0 Å². The van der Waals surface area contributed by atoms with Gasteiger partial charge in [-0.3, -0.25) is 9.69 Å². The van der Waals surface area contributed by atoms with Crippen molar-refractivity contribution in [1.29, 1.82) is 0 Å². The second kappa shape index (κ2) is 6.60. The number of amides is 1. The Kier molecular flexibility index (Phi) is 5.24. The van der Waals surface area contributed by atoms with Crippen molar-refractivity contribution in [2.75, 3.05) is 32.4 Å². The van der Waals surface area contributed by atoms with Crippen molar-refractivity contribution in [2.24, 2.45) is 0 Å². The van der Waals surface area contributed by atoms with Crippen molar-refractivity contribution in [3.05, 3.63) is 0 Å². The second-order valence-electron chi connectivity index (χ2n) is 6.04. The third-order valence-corrected chi connectivity index (χ3v) is 5.08. The molecule has 0 aromatic carbocycles. The quantitative estimate of drug-likeness (QED) is 0.692. The molecule has 2 aliphatic rings. The molecule has 1 saturated heterocycles. The molecule has 1 aliphatic carbocycles. The molecule has 2 fully saturated rings. The van der Waals surface area contributed by atoms with Crippen LogP contribution in [0.15, 0.2) is 0 Å². The number of sulfonamides is 1. The number of nitrogens with zero attached hydrogens (tertiary/aromatic N) is 2. The van der Waals surface area contributed by atoms with Crippen molar-refractivity contribution in [2.45, 2.75) is 44.4 Å². The minimum atomic E-state index is -3.38. The van der Waals surface area contributed by atoms with Crippen molar-refractivity contribution in [3.63, 3.8) is 0 Å². The molecule has 2 rings (SSSR count). The third kappa shape index (κ3) is 4.38. The molecule has 3 atom stereocenters. The Labute approximate surface area is 126 Å². The minimum Gasteiger partial charge on any atom is -0.391 e. The van der Waals surface area contributed by atoms with Crippen LogP contribution in [0.4, 0.5) is 0 Å². The van der Waals surface area contributed by atoms with Crippen molar-refractivity contribution < 1.29 is 18.3 Å². The van der Waals surface area contributed by atoms with E-state index in [2.05, 4.69) is 9.62 Å². The molecule has 21 heavy (non-hydrogen) atoms. The lowest BCUT2D eigenvalue weighted by Crippen LogP contribution is -2.56. The van der Waals surface area contributed by atoms with Gasteiger partial charge in [0.05, 0.1) is 18.4 Å².